The van der Waals surface area contributed by atoms with Gasteiger partial charge in [-0.15, -0.1) is 0 Å². The SMILES string of the molecule is CN(CC1C[C@H](C(=O)N2N=CCC2c2cc(F)cc(F)c2)C2CC1C2)c1cnc(C#N)cn1. The third kappa shape index (κ3) is 4.06. The summed E-state index contributed by atoms with van der Waals surface area (Å²) < 4.78 is 27.5. The van der Waals surface area contributed by atoms with Crippen LogP contribution in [0.2, 0.25) is 0 Å². The molecule has 0 radical (unpaired) electrons. The molecule has 3 saturated carbocycles. The summed E-state index contributed by atoms with van der Waals surface area (Å²) in [5.41, 5.74) is 0.701. The maximum Gasteiger partial charge on any atom is 0.246 e. The van der Waals surface area contributed by atoms with Crippen molar-refractivity contribution < 1.29 is 13.6 Å². The fraction of sp³-hybridized carbons (Fsp3) is 0.458. The molecule has 4 aliphatic rings. The van der Waals surface area contributed by atoms with Gasteiger partial charge in [-0.1, -0.05) is 0 Å². The molecule has 0 spiro atoms. The predicted molar refractivity (Wildman–Crippen MR) is 117 cm³/mol. The van der Waals surface area contributed by atoms with Gasteiger partial charge < -0.3 is 4.90 Å². The number of benzene rings is 1. The molecule has 3 atom stereocenters. The number of hydrazone groups is 1. The van der Waals surface area contributed by atoms with Gasteiger partial charge in [-0.3, -0.25) is 4.79 Å². The number of amides is 1. The summed E-state index contributed by atoms with van der Waals surface area (Å²) in [6, 6.07) is 4.88. The minimum absolute atomic E-state index is 0.0626. The molecule has 1 aromatic carbocycles. The van der Waals surface area contributed by atoms with E-state index in [-0.39, 0.29) is 17.5 Å². The minimum Gasteiger partial charge on any atom is -0.358 e. The first-order valence-corrected chi connectivity index (χ1v) is 11.2. The van der Waals surface area contributed by atoms with Crippen molar-refractivity contribution in [1.82, 2.24) is 15.0 Å². The standard InChI is InChI=1S/C24H24F2N6O/c1-31(23-12-28-20(10-27)11-29-23)13-17-8-21(15-4-14(17)5-15)24(33)32-22(2-3-30-32)16-6-18(25)9-19(26)7-16/h3,6-7,9,11-12,14-15,17,21-22H,2,4-5,8,13H2,1H3/t14?,15?,17?,21-,22?/m0/s1. The first-order chi connectivity index (χ1) is 15.9. The summed E-state index contributed by atoms with van der Waals surface area (Å²) >= 11 is 0. The fourth-order valence-corrected chi connectivity index (χ4v) is 5.52. The molecule has 7 nitrogen and oxygen atoms in total. The first kappa shape index (κ1) is 21.4. The Balaban J connectivity index is 1.29. The summed E-state index contributed by atoms with van der Waals surface area (Å²) in [5, 5.41) is 14.6. The first-order valence-electron chi connectivity index (χ1n) is 11.2. The molecule has 9 heteroatoms. The normalized spacial score (nSPS) is 27.7. The van der Waals surface area contributed by atoms with Gasteiger partial charge in [0.25, 0.3) is 0 Å². The number of aromatic nitrogens is 2. The van der Waals surface area contributed by atoms with Gasteiger partial charge in [-0.05, 0) is 54.7 Å². The molecule has 3 fully saturated rings. The number of nitriles is 1. The van der Waals surface area contributed by atoms with Gasteiger partial charge >= 0.3 is 0 Å². The maximum atomic E-state index is 13.8. The fourth-order valence-electron chi connectivity index (χ4n) is 5.52. The van der Waals surface area contributed by atoms with Gasteiger partial charge in [-0.2, -0.15) is 10.4 Å². The van der Waals surface area contributed by atoms with Crippen LogP contribution >= 0.6 is 0 Å². The monoisotopic (exact) mass is 450 g/mol. The zero-order chi connectivity index (χ0) is 23.1. The van der Waals surface area contributed by atoms with Crippen molar-refractivity contribution in [3.63, 3.8) is 0 Å². The Bertz CT molecular complexity index is 1100. The molecule has 3 aliphatic carbocycles. The molecule has 2 aromatic rings. The van der Waals surface area contributed by atoms with Crippen LogP contribution in [0.3, 0.4) is 0 Å². The highest BCUT2D eigenvalue weighted by atomic mass is 19.1. The van der Waals surface area contributed by atoms with Crippen molar-refractivity contribution in [1.29, 1.82) is 5.26 Å². The van der Waals surface area contributed by atoms with E-state index in [1.807, 2.05) is 18.0 Å². The van der Waals surface area contributed by atoms with Crippen LogP contribution in [0.15, 0.2) is 35.7 Å². The van der Waals surface area contributed by atoms with Crippen molar-refractivity contribution in [2.45, 2.75) is 31.7 Å². The summed E-state index contributed by atoms with van der Waals surface area (Å²) in [5.74, 6) is 0.390. The van der Waals surface area contributed by atoms with Crippen molar-refractivity contribution >= 4 is 17.9 Å². The number of rotatable bonds is 5. The molecule has 33 heavy (non-hydrogen) atoms. The van der Waals surface area contributed by atoms with Crippen LogP contribution in [0.1, 0.15) is 43.0 Å². The molecular formula is C24H24F2N6O. The molecule has 1 aromatic heterocycles. The number of carbonyl (C=O) groups excluding carboxylic acids is 1. The zero-order valence-corrected chi connectivity index (χ0v) is 18.2. The second kappa shape index (κ2) is 8.50. The quantitative estimate of drug-likeness (QED) is 0.694. The number of fused-ring (bicyclic) bond motifs is 2. The minimum atomic E-state index is -0.655. The molecule has 0 saturated heterocycles. The van der Waals surface area contributed by atoms with E-state index in [4.69, 9.17) is 5.26 Å². The highest BCUT2D eigenvalue weighted by molar-refractivity contribution is 5.82. The summed E-state index contributed by atoms with van der Waals surface area (Å²) in [6.07, 6.45) is 7.90. The lowest BCUT2D eigenvalue weighted by Crippen LogP contribution is -2.51. The van der Waals surface area contributed by atoms with Gasteiger partial charge in [0.2, 0.25) is 5.91 Å². The van der Waals surface area contributed by atoms with E-state index in [9.17, 15) is 13.6 Å². The summed E-state index contributed by atoms with van der Waals surface area (Å²) in [4.78, 5) is 23.9. The molecule has 2 bridgehead atoms. The average Bonchev–Trinajstić information content (AvgIpc) is 3.27. The highest BCUT2D eigenvalue weighted by Gasteiger charge is 2.50. The average molecular weight is 450 g/mol. The van der Waals surface area contributed by atoms with Crippen LogP contribution < -0.4 is 4.90 Å². The van der Waals surface area contributed by atoms with Crippen LogP contribution in [0.4, 0.5) is 14.6 Å². The third-order valence-corrected chi connectivity index (χ3v) is 7.30. The lowest BCUT2D eigenvalue weighted by molar-refractivity contribution is -0.147. The Labute approximate surface area is 190 Å². The van der Waals surface area contributed by atoms with E-state index in [1.54, 1.807) is 12.4 Å². The van der Waals surface area contributed by atoms with Crippen molar-refractivity contribution in [3.05, 3.63) is 53.5 Å². The lowest BCUT2D eigenvalue weighted by Gasteiger charge is -2.52. The number of nitrogens with zero attached hydrogens (tertiary/aromatic N) is 6. The molecule has 0 N–H and O–H groups in total. The Hall–Kier alpha value is -3.41. The van der Waals surface area contributed by atoms with Crippen LogP contribution in [-0.4, -0.2) is 40.7 Å². The maximum absolute atomic E-state index is 13.8. The van der Waals surface area contributed by atoms with Crippen LogP contribution in [0.5, 0.6) is 0 Å². The summed E-state index contributed by atoms with van der Waals surface area (Å²) in [7, 11) is 1.94. The number of carbonyl (C=O) groups is 1. The van der Waals surface area contributed by atoms with Gasteiger partial charge in [0, 0.05) is 38.2 Å². The lowest BCUT2D eigenvalue weighted by atomic mass is 9.55. The predicted octanol–water partition coefficient (Wildman–Crippen LogP) is 3.68. The second-order valence-corrected chi connectivity index (χ2v) is 9.28. The summed E-state index contributed by atoms with van der Waals surface area (Å²) in [6.45, 7) is 0.740. The molecule has 170 valence electrons. The topological polar surface area (TPSA) is 85.5 Å². The second-order valence-electron chi connectivity index (χ2n) is 9.28. The van der Waals surface area contributed by atoms with E-state index >= 15 is 0 Å². The van der Waals surface area contributed by atoms with Gasteiger partial charge in [0.15, 0.2) is 5.69 Å². The smallest absolute Gasteiger partial charge is 0.246 e. The molecule has 6 rings (SSSR count). The Morgan fingerprint density at radius 2 is 1.91 bits per heavy atom. The van der Waals surface area contributed by atoms with Gasteiger partial charge in [-0.25, -0.2) is 23.8 Å². The number of halogens is 2. The largest absolute Gasteiger partial charge is 0.358 e. The molecule has 2 unspecified atom stereocenters. The molecule has 1 amide bonds. The van der Waals surface area contributed by atoms with Crippen LogP contribution in [-0.2, 0) is 4.79 Å². The Morgan fingerprint density at radius 3 is 2.58 bits per heavy atom. The van der Waals surface area contributed by atoms with Crippen LogP contribution in [0.25, 0.3) is 0 Å². The van der Waals surface area contributed by atoms with Crippen molar-refractivity contribution in [2.24, 2.45) is 28.8 Å². The number of anilines is 1. The van der Waals surface area contributed by atoms with E-state index in [2.05, 4.69) is 15.1 Å². The van der Waals surface area contributed by atoms with Crippen LogP contribution in [0, 0.1) is 46.6 Å². The van der Waals surface area contributed by atoms with E-state index in [0.717, 1.165) is 31.9 Å². The number of hydrogen-bond acceptors (Lipinski definition) is 6. The van der Waals surface area contributed by atoms with E-state index in [0.29, 0.717) is 35.6 Å². The Kier molecular flexibility index (Phi) is 5.52. The van der Waals surface area contributed by atoms with Crippen molar-refractivity contribution in [2.75, 3.05) is 18.5 Å². The van der Waals surface area contributed by atoms with Crippen molar-refractivity contribution in [3.8, 4) is 6.07 Å². The Morgan fingerprint density at radius 1 is 1.15 bits per heavy atom. The van der Waals surface area contributed by atoms with Gasteiger partial charge in [0.1, 0.15) is 23.5 Å². The van der Waals surface area contributed by atoms with E-state index < -0.39 is 17.7 Å². The third-order valence-electron chi connectivity index (χ3n) is 7.30. The highest BCUT2D eigenvalue weighted by Crippen LogP contribution is 2.53. The zero-order valence-electron chi connectivity index (χ0n) is 18.2. The molecule has 2 heterocycles. The molecular weight excluding hydrogens is 426 g/mol. The van der Waals surface area contributed by atoms with E-state index in [1.165, 1.54) is 23.3 Å². The van der Waals surface area contributed by atoms with Gasteiger partial charge in [0.05, 0.1) is 18.4 Å². The number of hydrogen-bond donors (Lipinski definition) is 0. The molecule has 1 aliphatic heterocycles.